The Morgan fingerprint density at radius 3 is 2.42 bits per heavy atom. The number of nitrogens with one attached hydrogen (secondary N) is 1. The molecule has 0 aromatic heterocycles. The average molecular weight is 312 g/mol. The molecule has 0 aliphatic carbocycles. The SMILES string of the molecule is O=S1CCC(Nc2cc(Cl)cc(C(F)(F)F)c2)CC1. The van der Waals surface area contributed by atoms with Crippen molar-refractivity contribution < 1.29 is 17.4 Å². The van der Waals surface area contributed by atoms with Crippen molar-refractivity contribution in [2.45, 2.75) is 25.1 Å². The summed E-state index contributed by atoms with van der Waals surface area (Å²) in [7, 11) is -0.788. The molecular weight excluding hydrogens is 299 g/mol. The van der Waals surface area contributed by atoms with Gasteiger partial charge in [0, 0.05) is 39.1 Å². The smallest absolute Gasteiger partial charge is 0.382 e. The lowest BCUT2D eigenvalue weighted by molar-refractivity contribution is -0.137. The third-order valence-corrected chi connectivity index (χ3v) is 4.58. The molecular formula is C12H13ClF3NOS. The van der Waals surface area contributed by atoms with Gasteiger partial charge in [-0.2, -0.15) is 13.2 Å². The molecule has 0 atom stereocenters. The van der Waals surface area contributed by atoms with Gasteiger partial charge in [0.2, 0.25) is 0 Å². The maximum atomic E-state index is 12.7. The highest BCUT2D eigenvalue weighted by molar-refractivity contribution is 7.85. The standard InChI is InChI=1S/C12H13ClF3NOS/c13-9-5-8(12(14,15)16)6-11(7-9)17-10-1-3-19(18)4-2-10/h5-7,10,17H,1-4H2. The van der Waals surface area contributed by atoms with Crippen LogP contribution in [0.2, 0.25) is 5.02 Å². The van der Waals surface area contributed by atoms with Gasteiger partial charge in [-0.25, -0.2) is 0 Å². The Hall–Kier alpha value is -0.750. The fourth-order valence-corrected chi connectivity index (χ4v) is 3.54. The molecule has 0 radical (unpaired) electrons. The van der Waals surface area contributed by atoms with Crippen molar-refractivity contribution in [3.8, 4) is 0 Å². The molecule has 7 heteroatoms. The molecule has 0 amide bonds. The van der Waals surface area contributed by atoms with Gasteiger partial charge in [-0.05, 0) is 31.0 Å². The van der Waals surface area contributed by atoms with Crippen LogP contribution in [-0.4, -0.2) is 21.8 Å². The highest BCUT2D eigenvalue weighted by Gasteiger charge is 2.31. The number of alkyl halides is 3. The Kier molecular flexibility index (Phi) is 4.40. The van der Waals surface area contributed by atoms with Gasteiger partial charge in [0.05, 0.1) is 5.56 Å². The summed E-state index contributed by atoms with van der Waals surface area (Å²) in [6.45, 7) is 0. The Labute approximate surface area is 116 Å². The predicted octanol–water partition coefficient (Wildman–Crippen LogP) is 3.68. The molecule has 1 aromatic rings. The second kappa shape index (κ2) is 5.71. The van der Waals surface area contributed by atoms with Crippen molar-refractivity contribution in [3.63, 3.8) is 0 Å². The normalized spacial score (nSPS) is 24.2. The van der Waals surface area contributed by atoms with Gasteiger partial charge in [-0.15, -0.1) is 0 Å². The van der Waals surface area contributed by atoms with E-state index >= 15 is 0 Å². The Morgan fingerprint density at radius 2 is 1.84 bits per heavy atom. The Bertz CT molecular complexity index is 482. The summed E-state index contributed by atoms with van der Waals surface area (Å²) < 4.78 is 49.2. The van der Waals surface area contributed by atoms with Crippen LogP contribution in [0, 0.1) is 0 Å². The highest BCUT2D eigenvalue weighted by Crippen LogP contribution is 2.33. The van der Waals surface area contributed by atoms with Crippen molar-refractivity contribution in [2.24, 2.45) is 0 Å². The topological polar surface area (TPSA) is 29.1 Å². The zero-order chi connectivity index (χ0) is 14.0. The predicted molar refractivity (Wildman–Crippen MR) is 71.0 cm³/mol. The van der Waals surface area contributed by atoms with Crippen LogP contribution in [0.1, 0.15) is 18.4 Å². The fourth-order valence-electron chi connectivity index (χ4n) is 2.01. The number of halogens is 4. The van der Waals surface area contributed by atoms with E-state index in [1.165, 1.54) is 6.07 Å². The lowest BCUT2D eigenvalue weighted by atomic mass is 10.1. The highest BCUT2D eigenvalue weighted by atomic mass is 35.5. The maximum Gasteiger partial charge on any atom is 0.416 e. The molecule has 0 unspecified atom stereocenters. The van der Waals surface area contributed by atoms with E-state index in [1.807, 2.05) is 0 Å². The van der Waals surface area contributed by atoms with E-state index in [4.69, 9.17) is 11.6 Å². The first-order chi connectivity index (χ1) is 8.84. The minimum Gasteiger partial charge on any atom is -0.382 e. The van der Waals surface area contributed by atoms with Crippen LogP contribution in [-0.2, 0) is 17.0 Å². The van der Waals surface area contributed by atoms with Crippen LogP contribution < -0.4 is 5.32 Å². The van der Waals surface area contributed by atoms with Gasteiger partial charge in [0.15, 0.2) is 0 Å². The zero-order valence-electron chi connectivity index (χ0n) is 9.97. The van der Waals surface area contributed by atoms with Gasteiger partial charge in [0.25, 0.3) is 0 Å². The molecule has 1 heterocycles. The van der Waals surface area contributed by atoms with Gasteiger partial charge in [0.1, 0.15) is 0 Å². The minimum absolute atomic E-state index is 0.0525. The molecule has 1 fully saturated rings. The van der Waals surface area contributed by atoms with Crippen LogP contribution in [0.25, 0.3) is 0 Å². The third-order valence-electron chi connectivity index (χ3n) is 2.98. The molecule has 0 spiro atoms. The number of benzene rings is 1. The summed E-state index contributed by atoms with van der Waals surface area (Å²) in [5.74, 6) is 1.18. The summed E-state index contributed by atoms with van der Waals surface area (Å²) in [5.41, 5.74) is -0.403. The summed E-state index contributed by atoms with van der Waals surface area (Å²) in [4.78, 5) is 0. The molecule has 2 rings (SSSR count). The zero-order valence-corrected chi connectivity index (χ0v) is 11.5. The van der Waals surface area contributed by atoms with Crippen molar-refractivity contribution in [2.75, 3.05) is 16.8 Å². The van der Waals surface area contributed by atoms with Crippen LogP contribution in [0.15, 0.2) is 18.2 Å². The van der Waals surface area contributed by atoms with Crippen molar-refractivity contribution in [3.05, 3.63) is 28.8 Å². The fraction of sp³-hybridized carbons (Fsp3) is 0.500. The van der Waals surface area contributed by atoms with E-state index in [-0.39, 0.29) is 11.1 Å². The number of hydrogen-bond acceptors (Lipinski definition) is 2. The van der Waals surface area contributed by atoms with E-state index in [9.17, 15) is 17.4 Å². The monoisotopic (exact) mass is 311 g/mol. The van der Waals surface area contributed by atoms with Crippen LogP contribution in [0.5, 0.6) is 0 Å². The van der Waals surface area contributed by atoms with E-state index in [1.54, 1.807) is 0 Å². The first-order valence-corrected chi connectivity index (χ1v) is 7.70. The van der Waals surface area contributed by atoms with E-state index < -0.39 is 22.5 Å². The lowest BCUT2D eigenvalue weighted by Gasteiger charge is -2.24. The second-order valence-electron chi connectivity index (χ2n) is 4.49. The van der Waals surface area contributed by atoms with Crippen molar-refractivity contribution in [1.29, 1.82) is 0 Å². The van der Waals surface area contributed by atoms with Gasteiger partial charge in [-0.3, -0.25) is 4.21 Å². The molecule has 1 saturated heterocycles. The van der Waals surface area contributed by atoms with E-state index in [0.717, 1.165) is 12.1 Å². The molecule has 1 aliphatic heterocycles. The molecule has 1 aliphatic rings. The van der Waals surface area contributed by atoms with Gasteiger partial charge in [-0.1, -0.05) is 11.6 Å². The van der Waals surface area contributed by atoms with Crippen molar-refractivity contribution in [1.82, 2.24) is 0 Å². The van der Waals surface area contributed by atoms with Crippen molar-refractivity contribution >= 4 is 28.1 Å². The molecule has 1 N–H and O–H groups in total. The summed E-state index contributed by atoms with van der Waals surface area (Å²) in [5, 5.41) is 3.09. The van der Waals surface area contributed by atoms with E-state index in [0.29, 0.717) is 30.0 Å². The molecule has 1 aromatic carbocycles. The first-order valence-electron chi connectivity index (χ1n) is 5.84. The number of anilines is 1. The molecule has 2 nitrogen and oxygen atoms in total. The lowest BCUT2D eigenvalue weighted by Crippen LogP contribution is -2.29. The van der Waals surface area contributed by atoms with Gasteiger partial charge >= 0.3 is 6.18 Å². The van der Waals surface area contributed by atoms with Crippen LogP contribution >= 0.6 is 11.6 Å². The Morgan fingerprint density at radius 1 is 1.21 bits per heavy atom. The Balaban J connectivity index is 2.12. The molecule has 0 saturated carbocycles. The number of hydrogen-bond donors (Lipinski definition) is 1. The van der Waals surface area contributed by atoms with Gasteiger partial charge < -0.3 is 5.32 Å². The molecule has 0 bridgehead atoms. The second-order valence-corrected chi connectivity index (χ2v) is 6.63. The third kappa shape index (κ3) is 4.11. The van der Waals surface area contributed by atoms with Crippen LogP contribution in [0.4, 0.5) is 18.9 Å². The summed E-state index contributed by atoms with van der Waals surface area (Å²) in [6, 6.07) is 3.49. The molecule has 19 heavy (non-hydrogen) atoms. The number of rotatable bonds is 2. The first kappa shape index (κ1) is 14.7. The molecule has 106 valence electrons. The van der Waals surface area contributed by atoms with Crippen LogP contribution in [0.3, 0.4) is 0 Å². The largest absolute Gasteiger partial charge is 0.416 e. The average Bonchev–Trinajstić information content (AvgIpc) is 2.30. The van der Waals surface area contributed by atoms with E-state index in [2.05, 4.69) is 5.32 Å². The minimum atomic E-state index is -4.41. The quantitative estimate of drug-likeness (QED) is 0.902. The summed E-state index contributed by atoms with van der Waals surface area (Å²) >= 11 is 5.71. The maximum absolute atomic E-state index is 12.7. The summed E-state index contributed by atoms with van der Waals surface area (Å²) in [6.07, 6.45) is -3.02.